The van der Waals surface area contributed by atoms with Gasteiger partial charge in [-0.05, 0) is 48.5 Å². The van der Waals surface area contributed by atoms with Crippen LogP contribution in [0.2, 0.25) is 5.02 Å². The van der Waals surface area contributed by atoms with Crippen LogP contribution in [0.4, 0.5) is 5.69 Å². The summed E-state index contributed by atoms with van der Waals surface area (Å²) in [6, 6.07) is 15.2. The Balaban J connectivity index is 1.75. The smallest absolute Gasteiger partial charge is 0.225 e. The molecule has 0 unspecified atom stereocenters. The Morgan fingerprint density at radius 1 is 1.10 bits per heavy atom. The van der Waals surface area contributed by atoms with Gasteiger partial charge in [0.1, 0.15) is 0 Å². The van der Waals surface area contributed by atoms with E-state index in [-0.39, 0.29) is 5.91 Å². The van der Waals surface area contributed by atoms with Crippen LogP contribution in [0.5, 0.6) is 0 Å². The van der Waals surface area contributed by atoms with E-state index >= 15 is 0 Å². The van der Waals surface area contributed by atoms with Gasteiger partial charge in [-0.3, -0.25) is 4.79 Å². The third-order valence-electron chi connectivity index (χ3n) is 2.54. The number of rotatable bonds is 5. The molecule has 0 aliphatic rings. The van der Waals surface area contributed by atoms with Gasteiger partial charge in [-0.2, -0.15) is 0 Å². The zero-order valence-corrected chi connectivity index (χ0v) is 13.8. The quantitative estimate of drug-likeness (QED) is 0.731. The van der Waals surface area contributed by atoms with Crippen LogP contribution in [-0.2, 0) is 4.79 Å². The molecule has 0 spiro atoms. The maximum absolute atomic E-state index is 11.8. The lowest BCUT2D eigenvalue weighted by Crippen LogP contribution is -2.11. The molecule has 2 aromatic carbocycles. The van der Waals surface area contributed by atoms with Gasteiger partial charge in [0, 0.05) is 32.3 Å². The highest BCUT2D eigenvalue weighted by atomic mass is 79.9. The number of halogens is 2. The van der Waals surface area contributed by atoms with E-state index in [4.69, 9.17) is 11.6 Å². The first-order valence-electron chi connectivity index (χ1n) is 6.07. The molecule has 2 nitrogen and oxygen atoms in total. The second kappa shape index (κ2) is 7.72. The summed E-state index contributed by atoms with van der Waals surface area (Å²) in [7, 11) is 0. The van der Waals surface area contributed by atoms with Crippen LogP contribution < -0.4 is 5.32 Å². The van der Waals surface area contributed by atoms with Crippen LogP contribution in [0.1, 0.15) is 6.42 Å². The number of hydrogen-bond donors (Lipinski definition) is 1. The number of carbonyl (C=O) groups excluding carboxylic acids is 1. The normalized spacial score (nSPS) is 10.3. The van der Waals surface area contributed by atoms with Crippen molar-refractivity contribution < 1.29 is 4.79 Å². The lowest BCUT2D eigenvalue weighted by molar-refractivity contribution is -0.115. The zero-order chi connectivity index (χ0) is 14.4. The molecule has 0 aliphatic heterocycles. The van der Waals surface area contributed by atoms with E-state index in [0.29, 0.717) is 6.42 Å². The fourth-order valence-corrected chi connectivity index (χ4v) is 2.79. The first-order chi connectivity index (χ1) is 9.63. The van der Waals surface area contributed by atoms with Gasteiger partial charge < -0.3 is 5.32 Å². The van der Waals surface area contributed by atoms with Gasteiger partial charge in [-0.1, -0.05) is 27.5 Å². The highest BCUT2D eigenvalue weighted by Gasteiger charge is 2.03. The van der Waals surface area contributed by atoms with Crippen LogP contribution in [0, 0.1) is 0 Å². The number of anilines is 1. The number of carbonyl (C=O) groups is 1. The van der Waals surface area contributed by atoms with Gasteiger partial charge >= 0.3 is 0 Å². The Morgan fingerprint density at radius 2 is 1.75 bits per heavy atom. The molecule has 0 aromatic heterocycles. The molecule has 1 amide bonds. The summed E-state index contributed by atoms with van der Waals surface area (Å²) >= 11 is 10.8. The van der Waals surface area contributed by atoms with Crippen molar-refractivity contribution in [2.24, 2.45) is 0 Å². The molecule has 104 valence electrons. The number of amides is 1. The SMILES string of the molecule is O=C(CCSc1ccc(Cl)cc1)Nc1ccc(Br)cc1. The van der Waals surface area contributed by atoms with E-state index in [0.717, 1.165) is 25.8 Å². The number of nitrogens with one attached hydrogen (secondary N) is 1. The standard InChI is InChI=1S/C15H13BrClNOS/c16-11-1-5-13(6-2-11)18-15(19)9-10-20-14-7-3-12(17)4-8-14/h1-8H,9-10H2,(H,18,19). The third kappa shape index (κ3) is 5.19. The van der Waals surface area contributed by atoms with Gasteiger partial charge in [-0.25, -0.2) is 0 Å². The van der Waals surface area contributed by atoms with Gasteiger partial charge in [0.05, 0.1) is 0 Å². The maximum Gasteiger partial charge on any atom is 0.225 e. The van der Waals surface area contributed by atoms with Crippen molar-refractivity contribution in [3.63, 3.8) is 0 Å². The summed E-state index contributed by atoms with van der Waals surface area (Å²) < 4.78 is 0.994. The van der Waals surface area contributed by atoms with Gasteiger partial charge in [0.15, 0.2) is 0 Å². The Morgan fingerprint density at radius 3 is 2.40 bits per heavy atom. The third-order valence-corrected chi connectivity index (χ3v) is 4.33. The van der Waals surface area contributed by atoms with Crippen LogP contribution in [0.3, 0.4) is 0 Å². The van der Waals surface area contributed by atoms with Crippen molar-refractivity contribution in [1.29, 1.82) is 0 Å². The second-order valence-corrected chi connectivity index (χ2v) is 6.63. The summed E-state index contributed by atoms with van der Waals surface area (Å²) in [4.78, 5) is 12.9. The largest absolute Gasteiger partial charge is 0.326 e. The van der Waals surface area contributed by atoms with E-state index in [1.165, 1.54) is 0 Å². The lowest BCUT2D eigenvalue weighted by atomic mass is 10.3. The van der Waals surface area contributed by atoms with Crippen molar-refractivity contribution >= 4 is 50.9 Å². The predicted octanol–water partition coefficient (Wildman–Crippen LogP) is 5.22. The molecular formula is C15H13BrClNOS. The molecule has 2 rings (SSSR count). The van der Waals surface area contributed by atoms with Crippen molar-refractivity contribution in [3.8, 4) is 0 Å². The monoisotopic (exact) mass is 369 g/mol. The molecular weight excluding hydrogens is 358 g/mol. The first-order valence-corrected chi connectivity index (χ1v) is 8.23. The fourth-order valence-electron chi connectivity index (χ4n) is 1.55. The van der Waals surface area contributed by atoms with Gasteiger partial charge in [-0.15, -0.1) is 11.8 Å². The minimum Gasteiger partial charge on any atom is -0.326 e. The molecule has 0 atom stereocenters. The number of thioether (sulfide) groups is 1. The summed E-state index contributed by atoms with van der Waals surface area (Å²) in [5, 5.41) is 3.59. The Labute approximate surface area is 136 Å². The summed E-state index contributed by atoms with van der Waals surface area (Å²) in [6.07, 6.45) is 0.476. The maximum atomic E-state index is 11.8. The summed E-state index contributed by atoms with van der Waals surface area (Å²) in [5.74, 6) is 0.762. The Kier molecular flexibility index (Phi) is 5.95. The van der Waals surface area contributed by atoms with Crippen LogP contribution in [0.25, 0.3) is 0 Å². The minimum atomic E-state index is 0.0220. The molecule has 20 heavy (non-hydrogen) atoms. The van der Waals surface area contributed by atoms with Crippen LogP contribution >= 0.6 is 39.3 Å². The Hall–Kier alpha value is -0.970. The van der Waals surface area contributed by atoms with Crippen LogP contribution in [-0.4, -0.2) is 11.7 Å². The van der Waals surface area contributed by atoms with E-state index < -0.39 is 0 Å². The highest BCUT2D eigenvalue weighted by Crippen LogP contribution is 2.21. The van der Waals surface area contributed by atoms with Crippen LogP contribution in [0.15, 0.2) is 57.9 Å². The van der Waals surface area contributed by atoms with E-state index in [2.05, 4.69) is 21.2 Å². The Bertz CT molecular complexity index is 571. The van der Waals surface area contributed by atoms with Crippen molar-refractivity contribution in [3.05, 3.63) is 58.0 Å². The number of hydrogen-bond acceptors (Lipinski definition) is 2. The average molecular weight is 371 g/mol. The highest BCUT2D eigenvalue weighted by molar-refractivity contribution is 9.10. The van der Waals surface area contributed by atoms with Crippen molar-refractivity contribution in [1.82, 2.24) is 0 Å². The molecule has 0 saturated heterocycles. The molecule has 5 heteroatoms. The topological polar surface area (TPSA) is 29.1 Å². The molecule has 2 aromatic rings. The summed E-state index contributed by atoms with van der Waals surface area (Å²) in [5.41, 5.74) is 0.815. The fraction of sp³-hybridized carbons (Fsp3) is 0.133. The van der Waals surface area contributed by atoms with Crippen molar-refractivity contribution in [2.75, 3.05) is 11.1 Å². The predicted molar refractivity (Wildman–Crippen MR) is 89.6 cm³/mol. The van der Waals surface area contributed by atoms with Crippen molar-refractivity contribution in [2.45, 2.75) is 11.3 Å². The molecule has 0 heterocycles. The van der Waals surface area contributed by atoms with Gasteiger partial charge in [0.25, 0.3) is 0 Å². The zero-order valence-electron chi connectivity index (χ0n) is 10.6. The van der Waals surface area contributed by atoms with E-state index in [1.54, 1.807) is 11.8 Å². The molecule has 1 N–H and O–H groups in total. The first kappa shape index (κ1) is 15.4. The van der Waals surface area contributed by atoms with E-state index in [1.807, 2.05) is 48.5 Å². The molecule has 0 fully saturated rings. The lowest BCUT2D eigenvalue weighted by Gasteiger charge is -2.05. The summed E-state index contributed by atoms with van der Waals surface area (Å²) in [6.45, 7) is 0. The molecule has 0 bridgehead atoms. The second-order valence-electron chi connectivity index (χ2n) is 4.11. The average Bonchev–Trinajstić information content (AvgIpc) is 2.44. The minimum absolute atomic E-state index is 0.0220. The van der Waals surface area contributed by atoms with Gasteiger partial charge in [0.2, 0.25) is 5.91 Å². The van der Waals surface area contributed by atoms with E-state index in [9.17, 15) is 4.79 Å². The number of benzene rings is 2. The molecule has 0 aliphatic carbocycles. The molecule has 0 radical (unpaired) electrons. The molecule has 0 saturated carbocycles.